The van der Waals surface area contributed by atoms with Gasteiger partial charge in [0.05, 0.1) is 12.4 Å². The van der Waals surface area contributed by atoms with Crippen LogP contribution in [0.25, 0.3) is 0 Å². The number of carbonyl (C=O) groups is 1. The fraction of sp³-hybridized carbons (Fsp3) is 0.450. The highest BCUT2D eigenvalue weighted by Crippen LogP contribution is 2.20. The van der Waals surface area contributed by atoms with Gasteiger partial charge in [-0.05, 0) is 30.9 Å². The van der Waals surface area contributed by atoms with Crippen LogP contribution in [-0.4, -0.2) is 21.9 Å². The van der Waals surface area contributed by atoms with Crippen LogP contribution in [0.1, 0.15) is 60.1 Å². The van der Waals surface area contributed by atoms with E-state index in [9.17, 15) is 4.79 Å². The molecule has 0 spiro atoms. The molecule has 3 rings (SSSR count). The number of carbonyl (C=O) groups excluding carboxylic acids is 1. The second kappa shape index (κ2) is 8.60. The number of anilines is 1. The van der Waals surface area contributed by atoms with Gasteiger partial charge in [-0.2, -0.15) is 0 Å². The maximum Gasteiger partial charge on any atom is 0.271 e. The van der Waals surface area contributed by atoms with E-state index < -0.39 is 0 Å². The van der Waals surface area contributed by atoms with Crippen LogP contribution in [0.2, 0.25) is 0 Å². The maximum absolute atomic E-state index is 12.2. The van der Waals surface area contributed by atoms with Crippen molar-refractivity contribution < 1.29 is 4.79 Å². The summed E-state index contributed by atoms with van der Waals surface area (Å²) in [4.78, 5) is 20.9. The van der Waals surface area contributed by atoms with Gasteiger partial charge in [-0.1, -0.05) is 49.9 Å². The largest absolute Gasteiger partial charge is 0.366 e. The number of nitrogens with one attached hydrogen (secondary N) is 2. The summed E-state index contributed by atoms with van der Waals surface area (Å²) in [6.45, 7) is 2.53. The third kappa shape index (κ3) is 5.02. The fourth-order valence-electron chi connectivity index (χ4n) is 3.23. The molecule has 1 saturated carbocycles. The Hall–Kier alpha value is -2.43. The molecular weight excluding hydrogens is 312 g/mol. The molecule has 0 atom stereocenters. The predicted molar refractivity (Wildman–Crippen MR) is 99.5 cm³/mol. The Bertz CT molecular complexity index is 691. The summed E-state index contributed by atoms with van der Waals surface area (Å²) in [5.41, 5.74) is 2.62. The number of hydrogen-bond donors (Lipinski definition) is 2. The van der Waals surface area contributed by atoms with Crippen molar-refractivity contribution in [1.29, 1.82) is 0 Å². The number of amides is 1. The Balaban J connectivity index is 1.54. The Morgan fingerprint density at radius 2 is 1.84 bits per heavy atom. The summed E-state index contributed by atoms with van der Waals surface area (Å²) in [5, 5.41) is 6.35. The van der Waals surface area contributed by atoms with Gasteiger partial charge in [0.2, 0.25) is 0 Å². The number of aryl methyl sites for hydroxylation is 1. The molecule has 1 aliphatic carbocycles. The van der Waals surface area contributed by atoms with Crippen molar-refractivity contribution in [3.63, 3.8) is 0 Å². The highest BCUT2D eigenvalue weighted by atomic mass is 16.1. The van der Waals surface area contributed by atoms with Gasteiger partial charge in [-0.25, -0.2) is 9.97 Å². The molecule has 0 aliphatic heterocycles. The monoisotopic (exact) mass is 338 g/mol. The molecule has 1 aliphatic rings. The average Bonchev–Trinajstić information content (AvgIpc) is 2.90. The molecule has 1 aromatic carbocycles. The molecule has 0 unspecified atom stereocenters. The summed E-state index contributed by atoms with van der Waals surface area (Å²) >= 11 is 0. The van der Waals surface area contributed by atoms with E-state index in [2.05, 4.69) is 20.6 Å². The first-order valence-corrected chi connectivity index (χ1v) is 9.13. The van der Waals surface area contributed by atoms with Crippen molar-refractivity contribution in [3.8, 4) is 0 Å². The molecule has 0 saturated heterocycles. The van der Waals surface area contributed by atoms with E-state index in [0.717, 1.165) is 16.9 Å². The predicted octanol–water partition coefficient (Wildman–Crippen LogP) is 3.85. The first kappa shape index (κ1) is 17.4. The maximum atomic E-state index is 12.2. The van der Waals surface area contributed by atoms with Crippen LogP contribution in [0.3, 0.4) is 0 Å². The Labute approximate surface area is 149 Å². The van der Waals surface area contributed by atoms with Gasteiger partial charge in [0, 0.05) is 12.6 Å². The second-order valence-electron chi connectivity index (χ2n) is 6.73. The van der Waals surface area contributed by atoms with E-state index >= 15 is 0 Å². The molecule has 0 radical (unpaired) electrons. The summed E-state index contributed by atoms with van der Waals surface area (Å²) < 4.78 is 0. The van der Waals surface area contributed by atoms with E-state index in [1.165, 1.54) is 38.5 Å². The second-order valence-corrected chi connectivity index (χ2v) is 6.73. The normalized spacial score (nSPS) is 15.4. The number of aromatic nitrogens is 2. The van der Waals surface area contributed by atoms with Gasteiger partial charge >= 0.3 is 0 Å². The average molecular weight is 338 g/mol. The standard InChI is InChI=1S/C20H26N4O/c1-15-8-6-7-9-16(15)12-23-20(25)18-13-22-19(14-21-18)24-17-10-4-2-3-5-11-17/h6-9,13-14,17H,2-5,10-12H2,1H3,(H,22,24)(H,23,25). The summed E-state index contributed by atoms with van der Waals surface area (Å²) in [6.07, 6.45) is 10.8. The molecule has 25 heavy (non-hydrogen) atoms. The summed E-state index contributed by atoms with van der Waals surface area (Å²) in [5.74, 6) is 0.555. The molecule has 5 heteroatoms. The lowest BCUT2D eigenvalue weighted by atomic mass is 10.1. The minimum atomic E-state index is -0.197. The third-order valence-corrected chi connectivity index (χ3v) is 4.79. The van der Waals surface area contributed by atoms with Gasteiger partial charge in [-0.15, -0.1) is 0 Å². The lowest BCUT2D eigenvalue weighted by Crippen LogP contribution is -2.25. The fourth-order valence-corrected chi connectivity index (χ4v) is 3.23. The number of hydrogen-bond acceptors (Lipinski definition) is 4. The van der Waals surface area contributed by atoms with E-state index in [-0.39, 0.29) is 5.91 Å². The molecule has 0 bridgehead atoms. The van der Waals surface area contributed by atoms with Crippen molar-refractivity contribution in [1.82, 2.24) is 15.3 Å². The zero-order valence-corrected chi connectivity index (χ0v) is 14.8. The van der Waals surface area contributed by atoms with E-state index in [1.807, 2.05) is 31.2 Å². The lowest BCUT2D eigenvalue weighted by Gasteiger charge is -2.16. The quantitative estimate of drug-likeness (QED) is 0.813. The number of nitrogens with zero attached hydrogens (tertiary/aromatic N) is 2. The molecular formula is C20H26N4O. The molecule has 1 amide bonds. The van der Waals surface area contributed by atoms with Crippen LogP contribution >= 0.6 is 0 Å². The van der Waals surface area contributed by atoms with Gasteiger partial charge in [0.15, 0.2) is 0 Å². The van der Waals surface area contributed by atoms with Crippen LogP contribution in [-0.2, 0) is 6.54 Å². The van der Waals surface area contributed by atoms with Crippen LogP contribution < -0.4 is 10.6 Å². The van der Waals surface area contributed by atoms with Gasteiger partial charge in [0.1, 0.15) is 11.5 Å². The third-order valence-electron chi connectivity index (χ3n) is 4.79. The van der Waals surface area contributed by atoms with Crippen LogP contribution in [0.4, 0.5) is 5.82 Å². The minimum absolute atomic E-state index is 0.197. The molecule has 1 heterocycles. The van der Waals surface area contributed by atoms with Gasteiger partial charge < -0.3 is 10.6 Å². The zero-order valence-electron chi connectivity index (χ0n) is 14.8. The lowest BCUT2D eigenvalue weighted by molar-refractivity contribution is 0.0945. The molecule has 5 nitrogen and oxygen atoms in total. The highest BCUT2D eigenvalue weighted by molar-refractivity contribution is 5.91. The van der Waals surface area contributed by atoms with Crippen LogP contribution in [0, 0.1) is 6.92 Å². The first-order valence-electron chi connectivity index (χ1n) is 9.13. The molecule has 2 aromatic rings. The smallest absolute Gasteiger partial charge is 0.271 e. The number of rotatable bonds is 5. The van der Waals surface area contributed by atoms with Crippen molar-refractivity contribution >= 4 is 11.7 Å². The first-order chi connectivity index (χ1) is 12.2. The zero-order chi connectivity index (χ0) is 17.5. The van der Waals surface area contributed by atoms with Crippen molar-refractivity contribution in [2.75, 3.05) is 5.32 Å². The topological polar surface area (TPSA) is 66.9 Å². The Kier molecular flexibility index (Phi) is 5.99. The van der Waals surface area contributed by atoms with E-state index in [0.29, 0.717) is 18.3 Å². The SMILES string of the molecule is Cc1ccccc1CNC(=O)c1cnc(NC2CCCCCC2)cn1. The van der Waals surface area contributed by atoms with Crippen molar-refractivity contribution in [2.24, 2.45) is 0 Å². The molecule has 1 aromatic heterocycles. The number of benzene rings is 1. The van der Waals surface area contributed by atoms with Crippen LogP contribution in [0.5, 0.6) is 0 Å². The van der Waals surface area contributed by atoms with Crippen LogP contribution in [0.15, 0.2) is 36.7 Å². The Morgan fingerprint density at radius 1 is 1.08 bits per heavy atom. The summed E-state index contributed by atoms with van der Waals surface area (Å²) in [6, 6.07) is 8.49. The van der Waals surface area contributed by atoms with Gasteiger partial charge in [-0.3, -0.25) is 4.79 Å². The minimum Gasteiger partial charge on any atom is -0.366 e. The van der Waals surface area contributed by atoms with Crippen molar-refractivity contribution in [3.05, 3.63) is 53.5 Å². The van der Waals surface area contributed by atoms with E-state index in [1.54, 1.807) is 12.4 Å². The Morgan fingerprint density at radius 3 is 2.52 bits per heavy atom. The molecule has 132 valence electrons. The van der Waals surface area contributed by atoms with Gasteiger partial charge in [0.25, 0.3) is 5.91 Å². The molecule has 2 N–H and O–H groups in total. The summed E-state index contributed by atoms with van der Waals surface area (Å²) in [7, 11) is 0. The highest BCUT2D eigenvalue weighted by Gasteiger charge is 2.13. The van der Waals surface area contributed by atoms with E-state index in [4.69, 9.17) is 0 Å². The molecule has 1 fully saturated rings. The van der Waals surface area contributed by atoms with Crippen molar-refractivity contribution in [2.45, 2.75) is 58.0 Å².